The third-order valence-corrected chi connectivity index (χ3v) is 6.70. The summed E-state index contributed by atoms with van der Waals surface area (Å²) in [6, 6.07) is 13.2. The van der Waals surface area contributed by atoms with Crippen molar-refractivity contribution in [3.05, 3.63) is 65.5 Å². The van der Waals surface area contributed by atoms with E-state index in [4.69, 9.17) is 4.74 Å². The van der Waals surface area contributed by atoms with Gasteiger partial charge >= 0.3 is 5.97 Å². The molecule has 1 unspecified atom stereocenters. The van der Waals surface area contributed by atoms with Gasteiger partial charge in [0.15, 0.2) is 0 Å². The Labute approximate surface area is 179 Å². The van der Waals surface area contributed by atoms with Gasteiger partial charge in [0.25, 0.3) is 0 Å². The summed E-state index contributed by atoms with van der Waals surface area (Å²) in [5.74, 6) is -1.24. The fraction of sp³-hybridized carbons (Fsp3) is 0.375. The average molecular weight is 422 g/mol. The SMILES string of the molecule is O=C1O[C@]2(CC[C@H](C(=O)NC3CC(=O)N(c4ccccc4F)C3)CC2)c2ccccc21. The van der Waals surface area contributed by atoms with Crippen LogP contribution in [-0.4, -0.2) is 30.4 Å². The summed E-state index contributed by atoms with van der Waals surface area (Å²) >= 11 is 0. The van der Waals surface area contributed by atoms with Gasteiger partial charge in [-0.05, 0) is 43.9 Å². The van der Waals surface area contributed by atoms with Crippen LogP contribution in [0.15, 0.2) is 48.5 Å². The first-order valence-corrected chi connectivity index (χ1v) is 10.6. The molecule has 2 aliphatic heterocycles. The van der Waals surface area contributed by atoms with Gasteiger partial charge in [-0.25, -0.2) is 9.18 Å². The van der Waals surface area contributed by atoms with Gasteiger partial charge in [-0.3, -0.25) is 9.59 Å². The molecule has 5 rings (SSSR count). The predicted molar refractivity (Wildman–Crippen MR) is 111 cm³/mol. The number of nitrogens with one attached hydrogen (secondary N) is 1. The molecule has 160 valence electrons. The van der Waals surface area contributed by atoms with Crippen LogP contribution in [0.5, 0.6) is 0 Å². The number of hydrogen-bond donors (Lipinski definition) is 1. The van der Waals surface area contributed by atoms with Crippen molar-refractivity contribution in [3.8, 4) is 0 Å². The van der Waals surface area contributed by atoms with E-state index in [0.29, 0.717) is 31.2 Å². The Bertz CT molecular complexity index is 1060. The van der Waals surface area contributed by atoms with E-state index in [2.05, 4.69) is 5.32 Å². The van der Waals surface area contributed by atoms with E-state index < -0.39 is 11.4 Å². The van der Waals surface area contributed by atoms with E-state index >= 15 is 0 Å². The zero-order valence-corrected chi connectivity index (χ0v) is 17.0. The molecule has 1 saturated carbocycles. The van der Waals surface area contributed by atoms with Crippen LogP contribution in [0.2, 0.25) is 0 Å². The maximum atomic E-state index is 14.1. The van der Waals surface area contributed by atoms with E-state index in [9.17, 15) is 18.8 Å². The Morgan fingerprint density at radius 3 is 2.55 bits per heavy atom. The average Bonchev–Trinajstić information content (AvgIpc) is 3.26. The minimum absolute atomic E-state index is 0.0966. The largest absolute Gasteiger partial charge is 0.451 e. The summed E-state index contributed by atoms with van der Waals surface area (Å²) in [6.45, 7) is 0.257. The maximum absolute atomic E-state index is 14.1. The Hall–Kier alpha value is -3.22. The number of amides is 2. The number of carbonyl (C=O) groups excluding carboxylic acids is 3. The number of ether oxygens (including phenoxy) is 1. The number of halogens is 1. The number of benzene rings is 2. The van der Waals surface area contributed by atoms with Crippen molar-refractivity contribution in [2.45, 2.75) is 43.7 Å². The molecular weight excluding hydrogens is 399 g/mol. The highest BCUT2D eigenvalue weighted by atomic mass is 19.1. The summed E-state index contributed by atoms with van der Waals surface area (Å²) in [5, 5.41) is 2.97. The molecule has 3 aliphatic rings. The predicted octanol–water partition coefficient (Wildman–Crippen LogP) is 3.30. The number of nitrogens with zero attached hydrogens (tertiary/aromatic N) is 1. The van der Waals surface area contributed by atoms with Crippen molar-refractivity contribution < 1.29 is 23.5 Å². The summed E-state index contributed by atoms with van der Waals surface area (Å²) in [7, 11) is 0. The molecule has 6 nitrogen and oxygen atoms in total. The van der Waals surface area contributed by atoms with Gasteiger partial charge < -0.3 is 15.0 Å². The first-order valence-electron chi connectivity index (χ1n) is 10.6. The first kappa shape index (κ1) is 19.7. The lowest BCUT2D eigenvalue weighted by molar-refractivity contribution is -0.128. The Kier molecular flexibility index (Phi) is 4.76. The van der Waals surface area contributed by atoms with Crippen LogP contribution in [0, 0.1) is 11.7 Å². The highest BCUT2D eigenvalue weighted by Crippen LogP contribution is 2.48. The van der Waals surface area contributed by atoms with Crippen LogP contribution >= 0.6 is 0 Å². The zero-order chi connectivity index (χ0) is 21.6. The molecule has 7 heteroatoms. The molecule has 2 heterocycles. The second-order valence-electron chi connectivity index (χ2n) is 8.57. The molecular formula is C24H23FN2O4. The van der Waals surface area contributed by atoms with Crippen molar-refractivity contribution in [2.75, 3.05) is 11.4 Å². The normalized spacial score (nSPS) is 27.3. The van der Waals surface area contributed by atoms with Crippen molar-refractivity contribution in [3.63, 3.8) is 0 Å². The van der Waals surface area contributed by atoms with Crippen LogP contribution in [0.4, 0.5) is 10.1 Å². The van der Waals surface area contributed by atoms with Crippen molar-refractivity contribution in [1.82, 2.24) is 5.32 Å². The fourth-order valence-corrected chi connectivity index (χ4v) is 5.09. The molecule has 1 saturated heterocycles. The molecule has 1 spiro atoms. The first-order chi connectivity index (χ1) is 15.0. The summed E-state index contributed by atoms with van der Waals surface area (Å²) in [6.07, 6.45) is 2.55. The smallest absolute Gasteiger partial charge is 0.339 e. The lowest BCUT2D eigenvalue weighted by Gasteiger charge is -2.36. The molecule has 1 N–H and O–H groups in total. The van der Waals surface area contributed by atoms with E-state index in [1.165, 1.54) is 11.0 Å². The Balaban J connectivity index is 1.21. The van der Waals surface area contributed by atoms with Gasteiger partial charge in [-0.2, -0.15) is 0 Å². The highest BCUT2D eigenvalue weighted by Gasteiger charge is 2.48. The van der Waals surface area contributed by atoms with Crippen LogP contribution in [0.1, 0.15) is 48.0 Å². The molecule has 1 aliphatic carbocycles. The molecule has 31 heavy (non-hydrogen) atoms. The number of fused-ring (bicyclic) bond motifs is 2. The van der Waals surface area contributed by atoms with Crippen LogP contribution in [0.3, 0.4) is 0 Å². The Morgan fingerprint density at radius 2 is 1.77 bits per heavy atom. The lowest BCUT2D eigenvalue weighted by atomic mass is 9.74. The van der Waals surface area contributed by atoms with E-state index in [0.717, 1.165) is 5.56 Å². The molecule has 0 aromatic heterocycles. The monoisotopic (exact) mass is 422 g/mol. The number of carbonyl (C=O) groups is 3. The lowest BCUT2D eigenvalue weighted by Crippen LogP contribution is -2.43. The van der Waals surface area contributed by atoms with E-state index in [-0.39, 0.29) is 48.4 Å². The molecule has 1 atom stereocenters. The van der Waals surface area contributed by atoms with Gasteiger partial charge in [-0.15, -0.1) is 0 Å². The summed E-state index contributed by atoms with van der Waals surface area (Å²) < 4.78 is 19.8. The standard InChI is InChI=1S/C24H23FN2O4/c25-19-7-3-4-8-20(19)27-14-16(13-21(27)28)26-22(29)15-9-11-24(12-10-15)18-6-2-1-5-17(18)23(30)31-24/h1-8,15-16H,9-14H2,(H,26,29)/t15-,16?,24-. The molecule has 2 aromatic rings. The summed E-state index contributed by atoms with van der Waals surface area (Å²) in [4.78, 5) is 38.8. The number of para-hydroxylation sites is 1. The molecule has 0 bridgehead atoms. The van der Waals surface area contributed by atoms with Gasteiger partial charge in [0.2, 0.25) is 11.8 Å². The van der Waals surface area contributed by atoms with Crippen molar-refractivity contribution in [2.24, 2.45) is 5.92 Å². The van der Waals surface area contributed by atoms with Crippen LogP contribution < -0.4 is 10.2 Å². The van der Waals surface area contributed by atoms with Crippen molar-refractivity contribution in [1.29, 1.82) is 0 Å². The number of rotatable bonds is 3. The molecule has 2 fully saturated rings. The van der Waals surface area contributed by atoms with E-state index in [1.54, 1.807) is 24.3 Å². The third kappa shape index (κ3) is 3.38. The van der Waals surface area contributed by atoms with Crippen LogP contribution in [0.25, 0.3) is 0 Å². The molecule has 0 radical (unpaired) electrons. The minimum atomic E-state index is -0.630. The third-order valence-electron chi connectivity index (χ3n) is 6.70. The topological polar surface area (TPSA) is 75.7 Å². The zero-order valence-electron chi connectivity index (χ0n) is 17.0. The quantitative estimate of drug-likeness (QED) is 0.770. The number of anilines is 1. The van der Waals surface area contributed by atoms with Gasteiger partial charge in [0.1, 0.15) is 11.4 Å². The molecule has 2 amide bonds. The maximum Gasteiger partial charge on any atom is 0.339 e. The second-order valence-corrected chi connectivity index (χ2v) is 8.57. The number of esters is 1. The Morgan fingerprint density at radius 1 is 1.06 bits per heavy atom. The van der Waals surface area contributed by atoms with Crippen molar-refractivity contribution >= 4 is 23.5 Å². The van der Waals surface area contributed by atoms with Gasteiger partial charge in [0, 0.05) is 24.4 Å². The summed E-state index contributed by atoms with van der Waals surface area (Å²) in [5.41, 5.74) is 1.14. The van der Waals surface area contributed by atoms with Gasteiger partial charge in [-0.1, -0.05) is 30.3 Å². The van der Waals surface area contributed by atoms with E-state index in [1.807, 2.05) is 18.2 Å². The van der Waals surface area contributed by atoms with Gasteiger partial charge in [0.05, 0.1) is 17.3 Å². The second kappa shape index (κ2) is 7.48. The fourth-order valence-electron chi connectivity index (χ4n) is 5.09. The number of hydrogen-bond acceptors (Lipinski definition) is 4. The highest BCUT2D eigenvalue weighted by molar-refractivity contribution is 5.97. The minimum Gasteiger partial charge on any atom is -0.451 e. The van der Waals surface area contributed by atoms with Crippen LogP contribution in [-0.2, 0) is 19.9 Å². The molecule has 2 aromatic carbocycles.